The molecule has 1 aromatic heterocycles. The highest BCUT2D eigenvalue weighted by atomic mass is 16.1. The molecule has 1 aliphatic rings. The Morgan fingerprint density at radius 2 is 2.24 bits per heavy atom. The fraction of sp³-hybridized carbons (Fsp3) is 0.389. The van der Waals surface area contributed by atoms with E-state index in [0.717, 1.165) is 44.2 Å². The van der Waals surface area contributed by atoms with Gasteiger partial charge in [0.15, 0.2) is 0 Å². The van der Waals surface area contributed by atoms with E-state index in [4.69, 9.17) is 0 Å². The molecule has 1 aliphatic heterocycles. The second-order valence-corrected chi connectivity index (χ2v) is 5.77. The van der Waals surface area contributed by atoms with E-state index in [2.05, 4.69) is 53.3 Å². The third kappa shape index (κ3) is 2.93. The summed E-state index contributed by atoms with van der Waals surface area (Å²) in [5.74, 6) is 0. The number of hydrogen-bond acceptors (Lipinski definition) is 2. The predicted octanol–water partition coefficient (Wildman–Crippen LogP) is 3.32. The summed E-state index contributed by atoms with van der Waals surface area (Å²) >= 11 is 0. The van der Waals surface area contributed by atoms with Crippen molar-refractivity contribution in [1.29, 1.82) is 0 Å². The number of benzene rings is 1. The number of nitrogens with zero attached hydrogens (tertiary/aromatic N) is 1. The largest absolute Gasteiger partial charge is 0.361 e. The first kappa shape index (κ1) is 14.1. The number of nitrogens with one attached hydrogen (secondary N) is 1. The van der Waals surface area contributed by atoms with Crippen LogP contribution in [0.5, 0.6) is 0 Å². The van der Waals surface area contributed by atoms with Gasteiger partial charge >= 0.3 is 0 Å². The molecule has 3 heteroatoms. The molecule has 1 unspecified atom stereocenters. The molecule has 1 atom stereocenters. The molecule has 1 aromatic carbocycles. The Balaban J connectivity index is 1.69. The maximum absolute atomic E-state index is 10.9. The van der Waals surface area contributed by atoms with Crippen molar-refractivity contribution in [1.82, 2.24) is 9.88 Å². The Kier molecular flexibility index (Phi) is 4.20. The Hall–Kier alpha value is -1.87. The summed E-state index contributed by atoms with van der Waals surface area (Å²) in [6, 6.07) is 8.95. The van der Waals surface area contributed by atoms with Crippen molar-refractivity contribution in [3.63, 3.8) is 0 Å². The number of hydrogen-bond donors (Lipinski definition) is 1. The molecule has 0 fully saturated rings. The van der Waals surface area contributed by atoms with E-state index >= 15 is 0 Å². The summed E-state index contributed by atoms with van der Waals surface area (Å²) in [6.45, 7) is 4.15. The molecular weight excluding hydrogens is 260 g/mol. The van der Waals surface area contributed by atoms with Crippen LogP contribution in [0.1, 0.15) is 25.3 Å². The summed E-state index contributed by atoms with van der Waals surface area (Å²) in [4.78, 5) is 16.8. The van der Waals surface area contributed by atoms with Gasteiger partial charge in [-0.05, 0) is 36.5 Å². The van der Waals surface area contributed by atoms with Gasteiger partial charge in [0.25, 0.3) is 0 Å². The Bertz CT molecular complexity index is 656. The highest BCUT2D eigenvalue weighted by molar-refractivity contribution is 5.83. The lowest BCUT2D eigenvalue weighted by Gasteiger charge is -2.33. The third-order valence-electron chi connectivity index (χ3n) is 4.54. The lowest BCUT2D eigenvalue weighted by Crippen LogP contribution is -2.39. The minimum absolute atomic E-state index is 0.500. The first-order chi connectivity index (χ1) is 10.3. The zero-order chi connectivity index (χ0) is 14.7. The first-order valence-electron chi connectivity index (χ1n) is 7.75. The molecule has 0 spiro atoms. The van der Waals surface area contributed by atoms with Crippen molar-refractivity contribution < 1.29 is 4.79 Å². The van der Waals surface area contributed by atoms with Crippen LogP contribution < -0.4 is 0 Å². The first-order valence-corrected chi connectivity index (χ1v) is 7.75. The smallest absolute Gasteiger partial charge is 0.145 e. The van der Waals surface area contributed by atoms with Gasteiger partial charge in [-0.3, -0.25) is 9.69 Å². The average Bonchev–Trinajstić information content (AvgIpc) is 2.96. The van der Waals surface area contributed by atoms with Crippen LogP contribution in [-0.4, -0.2) is 35.3 Å². The summed E-state index contributed by atoms with van der Waals surface area (Å²) in [5.41, 5.74) is 3.55. The maximum atomic E-state index is 10.9. The van der Waals surface area contributed by atoms with Crippen molar-refractivity contribution in [3.05, 3.63) is 47.7 Å². The number of H-pyrrole nitrogens is 1. The molecule has 3 rings (SSSR count). The van der Waals surface area contributed by atoms with Crippen LogP contribution in [0.4, 0.5) is 0 Å². The zero-order valence-corrected chi connectivity index (χ0v) is 12.5. The zero-order valence-electron chi connectivity index (χ0n) is 12.5. The number of aromatic nitrogens is 1. The molecule has 0 saturated heterocycles. The van der Waals surface area contributed by atoms with Gasteiger partial charge in [0.05, 0.1) is 0 Å². The van der Waals surface area contributed by atoms with E-state index < -0.39 is 0 Å². The maximum Gasteiger partial charge on any atom is 0.145 e. The summed E-state index contributed by atoms with van der Waals surface area (Å²) < 4.78 is 0. The number of aldehydes is 1. The second-order valence-electron chi connectivity index (χ2n) is 5.77. The van der Waals surface area contributed by atoms with Crippen molar-refractivity contribution in [3.8, 4) is 0 Å². The number of aromatic amines is 1. The van der Waals surface area contributed by atoms with E-state index in [1.807, 2.05) is 0 Å². The monoisotopic (exact) mass is 282 g/mol. The quantitative estimate of drug-likeness (QED) is 0.854. The molecule has 2 heterocycles. The SMILES string of the molecule is CCC1CC(C=O)=CCN1CCc1c[nH]c2ccccc12. The molecule has 0 bridgehead atoms. The predicted molar refractivity (Wildman–Crippen MR) is 86.4 cm³/mol. The van der Waals surface area contributed by atoms with E-state index in [1.165, 1.54) is 16.5 Å². The van der Waals surface area contributed by atoms with Crippen LogP contribution in [0.2, 0.25) is 0 Å². The molecule has 0 radical (unpaired) electrons. The lowest BCUT2D eigenvalue weighted by molar-refractivity contribution is -0.105. The number of carbonyl (C=O) groups excluding carboxylic acids is 1. The van der Waals surface area contributed by atoms with Gasteiger partial charge < -0.3 is 4.98 Å². The van der Waals surface area contributed by atoms with Gasteiger partial charge in [-0.2, -0.15) is 0 Å². The van der Waals surface area contributed by atoms with Crippen molar-refractivity contribution in [2.45, 2.75) is 32.2 Å². The van der Waals surface area contributed by atoms with Gasteiger partial charge in [0.2, 0.25) is 0 Å². The highest BCUT2D eigenvalue weighted by Gasteiger charge is 2.21. The summed E-state index contributed by atoms with van der Waals surface area (Å²) in [5, 5.41) is 1.33. The molecule has 0 aliphatic carbocycles. The normalized spacial score (nSPS) is 19.7. The summed E-state index contributed by atoms with van der Waals surface area (Å²) in [6.07, 6.45) is 8.26. The lowest BCUT2D eigenvalue weighted by atomic mass is 9.98. The van der Waals surface area contributed by atoms with E-state index in [1.54, 1.807) is 0 Å². The van der Waals surface area contributed by atoms with Gasteiger partial charge in [0, 0.05) is 36.2 Å². The molecule has 1 N–H and O–H groups in total. The van der Waals surface area contributed by atoms with Crippen LogP contribution >= 0.6 is 0 Å². The number of para-hydroxylation sites is 1. The standard InChI is InChI=1S/C18H22N2O/c1-2-16-11-14(13-21)7-9-20(16)10-8-15-12-19-18-6-4-3-5-17(15)18/h3-7,12-13,16,19H,2,8-11H2,1H3. The number of rotatable bonds is 5. The minimum Gasteiger partial charge on any atom is -0.361 e. The van der Waals surface area contributed by atoms with Gasteiger partial charge in [0.1, 0.15) is 6.29 Å². The Morgan fingerprint density at radius 3 is 3.05 bits per heavy atom. The minimum atomic E-state index is 0.500. The topological polar surface area (TPSA) is 36.1 Å². The second kappa shape index (κ2) is 6.27. The molecule has 21 heavy (non-hydrogen) atoms. The van der Waals surface area contributed by atoms with Gasteiger partial charge in [-0.25, -0.2) is 0 Å². The van der Waals surface area contributed by atoms with E-state index in [-0.39, 0.29) is 0 Å². The van der Waals surface area contributed by atoms with Gasteiger partial charge in [-0.1, -0.05) is 31.2 Å². The molecular formula is C18H22N2O. The summed E-state index contributed by atoms with van der Waals surface area (Å²) in [7, 11) is 0. The van der Waals surface area contributed by atoms with Crippen LogP contribution in [0.15, 0.2) is 42.1 Å². The van der Waals surface area contributed by atoms with Crippen LogP contribution in [0.25, 0.3) is 10.9 Å². The molecule has 3 nitrogen and oxygen atoms in total. The molecule has 0 saturated carbocycles. The molecule has 2 aromatic rings. The molecule has 110 valence electrons. The van der Waals surface area contributed by atoms with Crippen molar-refractivity contribution in [2.24, 2.45) is 0 Å². The van der Waals surface area contributed by atoms with Crippen LogP contribution in [0.3, 0.4) is 0 Å². The Morgan fingerprint density at radius 1 is 1.38 bits per heavy atom. The van der Waals surface area contributed by atoms with Gasteiger partial charge in [-0.15, -0.1) is 0 Å². The number of carbonyl (C=O) groups is 1. The van der Waals surface area contributed by atoms with Crippen LogP contribution in [-0.2, 0) is 11.2 Å². The fourth-order valence-electron chi connectivity index (χ4n) is 3.24. The number of fused-ring (bicyclic) bond motifs is 1. The molecule has 0 amide bonds. The fourth-order valence-corrected chi connectivity index (χ4v) is 3.24. The highest BCUT2D eigenvalue weighted by Crippen LogP contribution is 2.22. The van der Waals surface area contributed by atoms with E-state index in [9.17, 15) is 4.79 Å². The third-order valence-corrected chi connectivity index (χ3v) is 4.54. The van der Waals surface area contributed by atoms with E-state index in [0.29, 0.717) is 6.04 Å². The van der Waals surface area contributed by atoms with Crippen LogP contribution in [0, 0.1) is 0 Å². The van der Waals surface area contributed by atoms with Crippen molar-refractivity contribution >= 4 is 17.2 Å². The Labute approximate surface area is 125 Å². The van der Waals surface area contributed by atoms with Crippen molar-refractivity contribution in [2.75, 3.05) is 13.1 Å². The average molecular weight is 282 g/mol.